The maximum absolute atomic E-state index is 10.9. The Morgan fingerprint density at radius 2 is 1.91 bits per heavy atom. The van der Waals surface area contributed by atoms with E-state index in [2.05, 4.69) is 20.3 Å². The van der Waals surface area contributed by atoms with Crippen LogP contribution in [0, 0.1) is 0 Å². The number of guanidine groups is 1. The number of hydrogen-bond acceptors (Lipinski definition) is 3. The number of benzene rings is 1. The van der Waals surface area contributed by atoms with Crippen molar-refractivity contribution in [3.63, 3.8) is 0 Å². The van der Waals surface area contributed by atoms with Gasteiger partial charge < -0.3 is 10.6 Å². The quantitative estimate of drug-likeness (QED) is 0.235. The summed E-state index contributed by atoms with van der Waals surface area (Å²) in [7, 11) is -1.47. The van der Waals surface area contributed by atoms with E-state index in [9.17, 15) is 8.42 Å². The smallest absolute Gasteiger partial charge is 0.208 e. The molecule has 0 fully saturated rings. The number of hydrogen-bond donors (Lipinski definition) is 3. The summed E-state index contributed by atoms with van der Waals surface area (Å²) < 4.78 is 24.2. The number of aliphatic imine (C=N–C) groups is 1. The average Bonchev–Trinajstić information content (AvgIpc) is 2.42. The molecular weight excluding hydrogens is 474 g/mol. The molecule has 1 aromatic rings. The van der Waals surface area contributed by atoms with Gasteiger partial charge in [-0.2, -0.15) is 0 Å². The lowest BCUT2D eigenvalue weighted by Gasteiger charge is -2.12. The van der Waals surface area contributed by atoms with Crippen molar-refractivity contribution in [1.82, 2.24) is 15.4 Å². The molecule has 0 aliphatic rings. The summed E-state index contributed by atoms with van der Waals surface area (Å²) in [5.74, 6) is 0.616. The van der Waals surface area contributed by atoms with Crippen molar-refractivity contribution in [3.8, 4) is 0 Å². The second kappa shape index (κ2) is 11.3. The average molecular weight is 495 g/mol. The zero-order valence-corrected chi connectivity index (χ0v) is 17.6. The minimum atomic E-state index is -3.13. The molecule has 0 saturated carbocycles. The molecule has 0 spiro atoms. The van der Waals surface area contributed by atoms with Gasteiger partial charge in [-0.15, -0.1) is 24.0 Å². The first kappa shape index (κ1) is 22.7. The third-order valence-corrected chi connectivity index (χ3v) is 4.01. The van der Waals surface area contributed by atoms with E-state index in [1.54, 1.807) is 19.2 Å². The topological polar surface area (TPSA) is 82.6 Å². The monoisotopic (exact) mass is 494 g/mol. The molecule has 1 rings (SSSR count). The van der Waals surface area contributed by atoms with Crippen molar-refractivity contribution < 1.29 is 8.42 Å². The Morgan fingerprint density at radius 3 is 2.48 bits per heavy atom. The fourth-order valence-electron chi connectivity index (χ4n) is 1.62. The van der Waals surface area contributed by atoms with Crippen LogP contribution in [0.15, 0.2) is 23.2 Å². The van der Waals surface area contributed by atoms with Gasteiger partial charge in [0, 0.05) is 36.7 Å². The van der Waals surface area contributed by atoms with E-state index in [0.29, 0.717) is 42.1 Å². The van der Waals surface area contributed by atoms with Crippen LogP contribution in [0.5, 0.6) is 0 Å². The second-order valence-electron chi connectivity index (χ2n) is 4.61. The normalized spacial score (nSPS) is 11.7. The first-order valence-corrected chi connectivity index (χ1v) is 9.29. The molecule has 10 heteroatoms. The Hall–Kier alpha value is -0.290. The van der Waals surface area contributed by atoms with Crippen LogP contribution >= 0.6 is 47.2 Å². The van der Waals surface area contributed by atoms with Crippen LogP contribution in [0.2, 0.25) is 10.0 Å². The van der Waals surface area contributed by atoms with Gasteiger partial charge in [-0.1, -0.05) is 29.3 Å². The molecule has 1 aromatic carbocycles. The van der Waals surface area contributed by atoms with Crippen LogP contribution in [0.1, 0.15) is 12.0 Å². The SMILES string of the molecule is CN=C(NCCCNS(C)(=O)=O)NCc1ccc(Cl)cc1Cl.I. The molecule has 23 heavy (non-hydrogen) atoms. The summed E-state index contributed by atoms with van der Waals surface area (Å²) in [6.07, 6.45) is 1.78. The zero-order chi connectivity index (χ0) is 16.6. The highest BCUT2D eigenvalue weighted by atomic mass is 127. The molecule has 0 amide bonds. The van der Waals surface area contributed by atoms with Gasteiger partial charge in [-0.05, 0) is 24.1 Å². The Bertz CT molecular complexity index is 626. The van der Waals surface area contributed by atoms with Gasteiger partial charge in [0.05, 0.1) is 6.26 Å². The molecule has 0 bridgehead atoms. The molecule has 0 atom stereocenters. The summed E-state index contributed by atoms with van der Waals surface area (Å²) in [5.41, 5.74) is 0.910. The molecule has 132 valence electrons. The number of sulfonamides is 1. The van der Waals surface area contributed by atoms with E-state index in [0.717, 1.165) is 11.8 Å². The van der Waals surface area contributed by atoms with Gasteiger partial charge in [-0.25, -0.2) is 13.1 Å². The van der Waals surface area contributed by atoms with Crippen LogP contribution in [0.4, 0.5) is 0 Å². The van der Waals surface area contributed by atoms with Gasteiger partial charge in [0.2, 0.25) is 10.0 Å². The van der Waals surface area contributed by atoms with Gasteiger partial charge in [0.25, 0.3) is 0 Å². The lowest BCUT2D eigenvalue weighted by Crippen LogP contribution is -2.38. The third kappa shape index (κ3) is 10.2. The van der Waals surface area contributed by atoms with E-state index < -0.39 is 10.0 Å². The minimum absolute atomic E-state index is 0. The highest BCUT2D eigenvalue weighted by molar-refractivity contribution is 14.0. The molecule has 0 radical (unpaired) electrons. The maximum Gasteiger partial charge on any atom is 0.208 e. The van der Waals surface area contributed by atoms with Crippen LogP contribution in [-0.2, 0) is 16.6 Å². The van der Waals surface area contributed by atoms with Crippen molar-refractivity contribution in [2.45, 2.75) is 13.0 Å². The molecule has 6 nitrogen and oxygen atoms in total. The zero-order valence-electron chi connectivity index (χ0n) is 12.9. The predicted octanol–water partition coefficient (Wildman–Crippen LogP) is 2.22. The van der Waals surface area contributed by atoms with E-state index in [4.69, 9.17) is 23.2 Å². The van der Waals surface area contributed by atoms with Crippen LogP contribution < -0.4 is 15.4 Å². The third-order valence-electron chi connectivity index (χ3n) is 2.70. The Balaban J connectivity index is 0.00000484. The lowest BCUT2D eigenvalue weighted by atomic mass is 10.2. The van der Waals surface area contributed by atoms with Crippen molar-refractivity contribution >= 4 is 63.2 Å². The van der Waals surface area contributed by atoms with Crippen LogP contribution in [0.25, 0.3) is 0 Å². The van der Waals surface area contributed by atoms with E-state index in [1.807, 2.05) is 6.07 Å². The maximum atomic E-state index is 10.9. The summed E-state index contributed by atoms with van der Waals surface area (Å²) in [6.45, 7) is 1.49. The first-order chi connectivity index (χ1) is 10.3. The van der Waals surface area contributed by atoms with Gasteiger partial charge >= 0.3 is 0 Å². The van der Waals surface area contributed by atoms with E-state index in [1.165, 1.54) is 0 Å². The fourth-order valence-corrected chi connectivity index (χ4v) is 2.61. The molecule has 0 heterocycles. The number of nitrogens with one attached hydrogen (secondary N) is 3. The highest BCUT2D eigenvalue weighted by Gasteiger charge is 2.03. The van der Waals surface area contributed by atoms with Crippen LogP contribution in [-0.4, -0.2) is 40.8 Å². The fraction of sp³-hybridized carbons (Fsp3) is 0.462. The van der Waals surface area contributed by atoms with Crippen molar-refractivity contribution in [3.05, 3.63) is 33.8 Å². The molecule has 3 N–H and O–H groups in total. The van der Waals surface area contributed by atoms with Gasteiger partial charge in [0.15, 0.2) is 5.96 Å². The first-order valence-electron chi connectivity index (χ1n) is 6.65. The van der Waals surface area contributed by atoms with Gasteiger partial charge in [-0.3, -0.25) is 4.99 Å². The van der Waals surface area contributed by atoms with Crippen LogP contribution in [0.3, 0.4) is 0 Å². The van der Waals surface area contributed by atoms with Crippen molar-refractivity contribution in [1.29, 1.82) is 0 Å². The molecular formula is C13H21Cl2IN4O2S. The standard InChI is InChI=1S/C13H20Cl2N4O2S.HI/c1-16-13(17-6-3-7-19-22(2,20)21)18-9-10-4-5-11(14)8-12(10)15;/h4-5,8,19H,3,6-7,9H2,1-2H3,(H2,16,17,18);1H. The summed E-state index contributed by atoms with van der Waals surface area (Å²) in [4.78, 5) is 4.08. The summed E-state index contributed by atoms with van der Waals surface area (Å²) >= 11 is 11.9. The molecule has 0 aromatic heterocycles. The number of nitrogens with zero attached hydrogens (tertiary/aromatic N) is 1. The lowest BCUT2D eigenvalue weighted by molar-refractivity contribution is 0.584. The van der Waals surface area contributed by atoms with Crippen molar-refractivity contribution in [2.24, 2.45) is 4.99 Å². The van der Waals surface area contributed by atoms with Crippen molar-refractivity contribution in [2.75, 3.05) is 26.4 Å². The molecule has 0 unspecified atom stereocenters. The number of rotatable bonds is 7. The Kier molecular flexibility index (Phi) is 11.2. The Labute approximate surface area is 164 Å². The molecule has 0 saturated heterocycles. The molecule has 0 aliphatic carbocycles. The summed E-state index contributed by atoms with van der Waals surface area (Å²) in [5, 5.41) is 7.40. The molecule has 0 aliphatic heterocycles. The largest absolute Gasteiger partial charge is 0.356 e. The van der Waals surface area contributed by atoms with E-state index in [-0.39, 0.29) is 24.0 Å². The number of halogens is 3. The van der Waals surface area contributed by atoms with E-state index >= 15 is 0 Å². The second-order valence-corrected chi connectivity index (χ2v) is 7.28. The van der Waals surface area contributed by atoms with Gasteiger partial charge in [0.1, 0.15) is 0 Å². The minimum Gasteiger partial charge on any atom is -0.356 e. The Morgan fingerprint density at radius 1 is 1.22 bits per heavy atom. The highest BCUT2D eigenvalue weighted by Crippen LogP contribution is 2.20. The predicted molar refractivity (Wildman–Crippen MR) is 108 cm³/mol. The summed E-state index contributed by atoms with van der Waals surface area (Å²) in [6, 6.07) is 5.31.